The minimum absolute atomic E-state index is 0.0567. The average molecular weight is 348 g/mol. The Morgan fingerprint density at radius 3 is 2.44 bits per heavy atom. The fourth-order valence-electron chi connectivity index (χ4n) is 3.88. The van der Waals surface area contributed by atoms with Crippen molar-refractivity contribution in [2.24, 2.45) is 0 Å². The highest BCUT2D eigenvalue weighted by atomic mass is 16.5. The molecule has 3 aliphatic rings. The molecule has 1 aromatic rings. The first kappa shape index (κ1) is 16.5. The van der Waals surface area contributed by atoms with E-state index in [0.717, 1.165) is 24.4 Å². The van der Waals surface area contributed by atoms with Gasteiger partial charge in [0.15, 0.2) is 0 Å². The summed E-state index contributed by atoms with van der Waals surface area (Å²) in [6.07, 6.45) is 1.57. The highest BCUT2D eigenvalue weighted by Gasteiger charge is 2.56. The van der Waals surface area contributed by atoms with E-state index in [1.165, 1.54) is 0 Å². The third-order valence-electron chi connectivity index (χ3n) is 5.47. The molecular formula is C17H24N4O4. The van der Waals surface area contributed by atoms with E-state index in [0.29, 0.717) is 38.5 Å². The van der Waals surface area contributed by atoms with Crippen molar-refractivity contribution < 1.29 is 19.1 Å². The van der Waals surface area contributed by atoms with Crippen molar-refractivity contribution in [1.82, 2.24) is 19.8 Å². The number of aryl methyl sites for hydroxylation is 2. The molecule has 3 fully saturated rings. The Labute approximate surface area is 146 Å². The molecule has 136 valence electrons. The van der Waals surface area contributed by atoms with Crippen molar-refractivity contribution in [3.05, 3.63) is 17.2 Å². The number of methoxy groups -OCH3 is 1. The van der Waals surface area contributed by atoms with Crippen molar-refractivity contribution >= 4 is 11.8 Å². The minimum Gasteiger partial charge on any atom is -0.368 e. The van der Waals surface area contributed by atoms with Gasteiger partial charge in [0.1, 0.15) is 22.7 Å². The zero-order valence-electron chi connectivity index (χ0n) is 14.9. The van der Waals surface area contributed by atoms with Crippen molar-refractivity contribution in [3.8, 4) is 0 Å². The molecule has 8 nitrogen and oxygen atoms in total. The van der Waals surface area contributed by atoms with E-state index in [-0.39, 0.29) is 11.8 Å². The lowest BCUT2D eigenvalue weighted by Gasteiger charge is -2.53. The Morgan fingerprint density at radius 2 is 1.88 bits per heavy atom. The molecule has 1 N–H and O–H groups in total. The maximum Gasteiger partial charge on any atom is 0.274 e. The molecule has 0 atom stereocenters. The van der Waals surface area contributed by atoms with Crippen molar-refractivity contribution in [2.45, 2.75) is 37.9 Å². The molecule has 1 saturated carbocycles. The Bertz CT molecular complexity index is 718. The first-order valence-electron chi connectivity index (χ1n) is 8.69. The third kappa shape index (κ3) is 2.64. The van der Waals surface area contributed by atoms with Gasteiger partial charge in [0.25, 0.3) is 11.8 Å². The Morgan fingerprint density at radius 1 is 1.20 bits per heavy atom. The number of ether oxygens (including phenoxy) is 2. The molecule has 25 heavy (non-hydrogen) atoms. The topological polar surface area (TPSA) is 87.8 Å². The zero-order chi connectivity index (χ0) is 17.8. The highest BCUT2D eigenvalue weighted by Crippen LogP contribution is 2.42. The summed E-state index contributed by atoms with van der Waals surface area (Å²) >= 11 is 0. The van der Waals surface area contributed by atoms with Gasteiger partial charge in [-0.3, -0.25) is 9.59 Å². The number of rotatable bonds is 3. The number of aromatic amines is 1. The van der Waals surface area contributed by atoms with Gasteiger partial charge < -0.3 is 24.3 Å². The normalized spacial score (nSPS) is 23.5. The summed E-state index contributed by atoms with van der Waals surface area (Å²) in [7, 11) is 1.60. The number of H-pyrrole nitrogens is 1. The first-order chi connectivity index (χ1) is 11.9. The van der Waals surface area contributed by atoms with Crippen LogP contribution in [0.5, 0.6) is 0 Å². The third-order valence-corrected chi connectivity index (χ3v) is 5.47. The molecule has 2 amide bonds. The number of likely N-dealkylation sites (tertiary alicyclic amines) is 1. The molecule has 1 spiro atoms. The summed E-state index contributed by atoms with van der Waals surface area (Å²) in [5.41, 5.74) is 0.182. The number of carbonyl (C=O) groups is 2. The van der Waals surface area contributed by atoms with E-state index in [2.05, 4.69) is 9.97 Å². The van der Waals surface area contributed by atoms with Crippen molar-refractivity contribution in [1.29, 1.82) is 0 Å². The predicted molar refractivity (Wildman–Crippen MR) is 88.2 cm³/mol. The molecule has 2 aliphatic heterocycles. The molecule has 0 bridgehead atoms. The van der Waals surface area contributed by atoms with Crippen LogP contribution in [0.15, 0.2) is 0 Å². The average Bonchev–Trinajstić information content (AvgIpc) is 3.30. The fourth-order valence-corrected chi connectivity index (χ4v) is 3.88. The smallest absolute Gasteiger partial charge is 0.274 e. The molecule has 0 radical (unpaired) electrons. The number of imidazole rings is 1. The molecule has 8 heteroatoms. The van der Waals surface area contributed by atoms with E-state index in [1.807, 2.05) is 18.7 Å². The molecule has 0 aromatic carbocycles. The Kier molecular flexibility index (Phi) is 3.66. The van der Waals surface area contributed by atoms with Gasteiger partial charge in [-0.15, -0.1) is 0 Å². The zero-order valence-corrected chi connectivity index (χ0v) is 14.9. The number of amides is 2. The highest BCUT2D eigenvalue weighted by molar-refractivity contribution is 5.94. The number of hydrogen-bond acceptors (Lipinski definition) is 5. The number of nitrogens with one attached hydrogen (secondary N) is 1. The number of morpholine rings is 1. The summed E-state index contributed by atoms with van der Waals surface area (Å²) in [5.74, 6) is 0.701. The van der Waals surface area contributed by atoms with E-state index >= 15 is 0 Å². The van der Waals surface area contributed by atoms with Crippen LogP contribution in [-0.4, -0.2) is 82.7 Å². The lowest BCUT2D eigenvalue weighted by atomic mass is 9.91. The van der Waals surface area contributed by atoms with E-state index in [9.17, 15) is 9.59 Å². The second-order valence-corrected chi connectivity index (χ2v) is 7.41. The van der Waals surface area contributed by atoms with Gasteiger partial charge in [-0.2, -0.15) is 0 Å². The van der Waals surface area contributed by atoms with E-state index < -0.39 is 11.2 Å². The molecule has 4 rings (SSSR count). The molecule has 2 saturated heterocycles. The van der Waals surface area contributed by atoms with Crippen LogP contribution >= 0.6 is 0 Å². The minimum atomic E-state index is -0.610. The monoisotopic (exact) mass is 348 g/mol. The maximum absolute atomic E-state index is 12.7. The van der Waals surface area contributed by atoms with Crippen molar-refractivity contribution in [3.63, 3.8) is 0 Å². The number of carbonyl (C=O) groups excluding carboxylic acids is 2. The van der Waals surface area contributed by atoms with Gasteiger partial charge >= 0.3 is 0 Å². The fraction of sp³-hybridized carbons (Fsp3) is 0.706. The summed E-state index contributed by atoms with van der Waals surface area (Å²) in [6.45, 7) is 6.24. The lowest BCUT2D eigenvalue weighted by molar-refractivity contribution is -0.186. The molecule has 0 unspecified atom stereocenters. The second-order valence-electron chi connectivity index (χ2n) is 7.41. The number of nitrogens with zero attached hydrogens (tertiary/aromatic N) is 3. The van der Waals surface area contributed by atoms with Crippen LogP contribution in [0, 0.1) is 13.8 Å². The summed E-state index contributed by atoms with van der Waals surface area (Å²) in [4.78, 5) is 36.2. The van der Waals surface area contributed by atoms with Crippen molar-refractivity contribution in [2.75, 3.05) is 39.9 Å². The van der Waals surface area contributed by atoms with Crippen LogP contribution in [-0.2, 0) is 14.3 Å². The van der Waals surface area contributed by atoms with Crippen LogP contribution in [0.25, 0.3) is 0 Å². The lowest BCUT2D eigenvalue weighted by Crippen LogP contribution is -2.72. The van der Waals surface area contributed by atoms with E-state index in [1.54, 1.807) is 12.0 Å². The van der Waals surface area contributed by atoms with Gasteiger partial charge in [-0.25, -0.2) is 4.98 Å². The Hall–Kier alpha value is -1.93. The van der Waals surface area contributed by atoms with Crippen LogP contribution < -0.4 is 0 Å². The van der Waals surface area contributed by atoms with Crippen LogP contribution in [0.3, 0.4) is 0 Å². The molecule has 1 aliphatic carbocycles. The first-order valence-corrected chi connectivity index (χ1v) is 8.69. The van der Waals surface area contributed by atoms with Gasteiger partial charge in [0, 0.05) is 19.3 Å². The summed E-state index contributed by atoms with van der Waals surface area (Å²) < 4.78 is 11.4. The van der Waals surface area contributed by atoms with Gasteiger partial charge in [0.2, 0.25) is 0 Å². The molecule has 3 heterocycles. The summed E-state index contributed by atoms with van der Waals surface area (Å²) in [6, 6.07) is 0. The standard InChI is InChI=1S/C17H24N4O4/c1-11-13(19-12(2)18-11)14(22)21-9-16(10-21)8-20(6-7-25-16)15(23)17(24-3)4-5-17/h4-10H2,1-3H3,(H,18,19). The predicted octanol–water partition coefficient (Wildman–Crippen LogP) is 0.259. The Balaban J connectivity index is 1.41. The van der Waals surface area contributed by atoms with Gasteiger partial charge in [0.05, 0.1) is 26.2 Å². The largest absolute Gasteiger partial charge is 0.368 e. The maximum atomic E-state index is 12.7. The number of aromatic nitrogens is 2. The van der Waals surface area contributed by atoms with Gasteiger partial charge in [-0.1, -0.05) is 0 Å². The van der Waals surface area contributed by atoms with Crippen LogP contribution in [0.4, 0.5) is 0 Å². The molecule has 1 aromatic heterocycles. The summed E-state index contributed by atoms with van der Waals surface area (Å²) in [5, 5.41) is 0. The number of hydrogen-bond donors (Lipinski definition) is 1. The SMILES string of the molecule is COC1(C(=O)N2CCOC3(CN(C(=O)c4nc(C)[nH]c4C)C3)C2)CC1. The van der Waals surface area contributed by atoms with Crippen LogP contribution in [0.1, 0.15) is 34.8 Å². The molecular weight excluding hydrogens is 324 g/mol. The second kappa shape index (κ2) is 5.54. The van der Waals surface area contributed by atoms with Gasteiger partial charge in [-0.05, 0) is 26.7 Å². The van der Waals surface area contributed by atoms with Crippen LogP contribution in [0.2, 0.25) is 0 Å². The van der Waals surface area contributed by atoms with E-state index in [4.69, 9.17) is 9.47 Å². The quantitative estimate of drug-likeness (QED) is 0.847.